The van der Waals surface area contributed by atoms with Gasteiger partial charge in [0.05, 0.1) is 14.2 Å². The molecule has 8 heteroatoms. The molecule has 0 spiro atoms. The molecule has 1 N–H and O–H groups in total. The predicted molar refractivity (Wildman–Crippen MR) is 129 cm³/mol. The lowest BCUT2D eigenvalue weighted by atomic mass is 9.88. The van der Waals surface area contributed by atoms with Crippen molar-refractivity contribution in [1.82, 2.24) is 4.90 Å². The van der Waals surface area contributed by atoms with Crippen LogP contribution in [0.3, 0.4) is 0 Å². The molecule has 4 rings (SSSR count). The third kappa shape index (κ3) is 4.79. The maximum Gasteiger partial charge on any atom is 0.267 e. The number of anilines is 1. The maximum atomic E-state index is 13.3. The number of para-hydroxylation sites is 1. The fourth-order valence-corrected chi connectivity index (χ4v) is 4.30. The average Bonchev–Trinajstić information content (AvgIpc) is 2.82. The summed E-state index contributed by atoms with van der Waals surface area (Å²) in [5, 5.41) is 3.29. The Hall–Kier alpha value is -3.71. The van der Waals surface area contributed by atoms with Crippen molar-refractivity contribution in [2.75, 3.05) is 19.5 Å². The van der Waals surface area contributed by atoms with Gasteiger partial charge < -0.3 is 24.4 Å². The molecule has 0 saturated carbocycles. The van der Waals surface area contributed by atoms with Crippen molar-refractivity contribution < 1.29 is 23.8 Å². The molecular formula is C26H25ClN2O5. The number of amides is 2. The van der Waals surface area contributed by atoms with E-state index in [4.69, 9.17) is 25.8 Å². The number of hydrogen-bond donors (Lipinski definition) is 1. The molecule has 0 aromatic heterocycles. The zero-order valence-electron chi connectivity index (χ0n) is 19.1. The highest BCUT2D eigenvalue weighted by atomic mass is 35.5. The van der Waals surface area contributed by atoms with Crippen molar-refractivity contribution >= 4 is 29.1 Å². The van der Waals surface area contributed by atoms with E-state index in [1.54, 1.807) is 55.5 Å². The smallest absolute Gasteiger partial charge is 0.267 e. The summed E-state index contributed by atoms with van der Waals surface area (Å²) in [7, 11) is 3.13. The normalized spacial score (nSPS) is 17.1. The van der Waals surface area contributed by atoms with Crippen LogP contribution >= 0.6 is 11.6 Å². The minimum Gasteiger partial charge on any atom is -0.493 e. The van der Waals surface area contributed by atoms with E-state index in [9.17, 15) is 9.59 Å². The van der Waals surface area contributed by atoms with Crippen molar-refractivity contribution in [3.63, 3.8) is 0 Å². The lowest BCUT2D eigenvalue weighted by Gasteiger charge is -2.47. The molecule has 1 aliphatic rings. The Balaban J connectivity index is 1.68. The number of methoxy groups -OCH3 is 2. The molecule has 0 bridgehead atoms. The molecular weight excluding hydrogens is 456 g/mol. The highest BCUT2D eigenvalue weighted by Crippen LogP contribution is 2.45. The van der Waals surface area contributed by atoms with E-state index in [2.05, 4.69) is 5.32 Å². The minimum atomic E-state index is -0.766. The van der Waals surface area contributed by atoms with Gasteiger partial charge >= 0.3 is 0 Å². The van der Waals surface area contributed by atoms with E-state index in [-0.39, 0.29) is 11.8 Å². The van der Waals surface area contributed by atoms with Crippen molar-refractivity contribution in [2.24, 2.45) is 0 Å². The van der Waals surface area contributed by atoms with Crippen LogP contribution in [-0.2, 0) is 16.1 Å². The number of benzene rings is 3. The third-order valence-electron chi connectivity index (χ3n) is 5.56. The van der Waals surface area contributed by atoms with Gasteiger partial charge in [-0.25, -0.2) is 0 Å². The Bertz CT molecular complexity index is 1220. The third-order valence-corrected chi connectivity index (χ3v) is 5.80. The second-order valence-corrected chi connectivity index (χ2v) is 8.31. The number of hydrogen-bond acceptors (Lipinski definition) is 5. The Morgan fingerprint density at radius 2 is 1.79 bits per heavy atom. The van der Waals surface area contributed by atoms with Crippen LogP contribution in [0.5, 0.6) is 17.2 Å². The molecule has 3 aromatic carbocycles. The van der Waals surface area contributed by atoms with Crippen LogP contribution < -0.4 is 19.5 Å². The monoisotopic (exact) mass is 480 g/mol. The van der Waals surface area contributed by atoms with Crippen LogP contribution in [0.15, 0.2) is 66.7 Å². The quantitative estimate of drug-likeness (QED) is 0.466. The number of halogens is 1. The summed E-state index contributed by atoms with van der Waals surface area (Å²) in [6.07, 6.45) is -0.766. The Kier molecular flexibility index (Phi) is 6.93. The molecule has 2 amide bonds. The molecule has 1 saturated heterocycles. The molecule has 3 aromatic rings. The molecule has 34 heavy (non-hydrogen) atoms. The first-order valence-electron chi connectivity index (χ1n) is 10.7. The van der Waals surface area contributed by atoms with E-state index in [0.717, 1.165) is 11.1 Å². The molecule has 2 unspecified atom stereocenters. The summed E-state index contributed by atoms with van der Waals surface area (Å²) < 4.78 is 17.2. The molecule has 176 valence electrons. The van der Waals surface area contributed by atoms with Gasteiger partial charge in [0, 0.05) is 29.7 Å². The van der Waals surface area contributed by atoms with E-state index in [1.165, 1.54) is 6.92 Å². The van der Waals surface area contributed by atoms with Crippen molar-refractivity contribution in [1.29, 1.82) is 0 Å². The van der Waals surface area contributed by atoms with Gasteiger partial charge in [0.1, 0.15) is 11.8 Å². The molecule has 1 heterocycles. The summed E-state index contributed by atoms with van der Waals surface area (Å²) in [5.74, 6) is 1.28. The van der Waals surface area contributed by atoms with E-state index in [0.29, 0.717) is 34.5 Å². The van der Waals surface area contributed by atoms with E-state index < -0.39 is 12.1 Å². The minimum absolute atomic E-state index is 0.161. The zero-order chi connectivity index (χ0) is 24.2. The van der Waals surface area contributed by atoms with E-state index in [1.807, 2.05) is 30.3 Å². The summed E-state index contributed by atoms with van der Waals surface area (Å²) in [6.45, 7) is 1.78. The lowest BCUT2D eigenvalue weighted by molar-refractivity contribution is -0.165. The van der Waals surface area contributed by atoms with Crippen molar-refractivity contribution in [3.05, 3.63) is 82.9 Å². The summed E-state index contributed by atoms with van der Waals surface area (Å²) in [4.78, 5) is 26.5. The number of nitrogens with one attached hydrogen (secondary N) is 1. The maximum absolute atomic E-state index is 13.3. The van der Waals surface area contributed by atoms with Crippen molar-refractivity contribution in [2.45, 2.75) is 25.6 Å². The van der Waals surface area contributed by atoms with Crippen molar-refractivity contribution in [3.8, 4) is 17.2 Å². The molecule has 2 atom stereocenters. The summed E-state index contributed by atoms with van der Waals surface area (Å²) in [6, 6.07) is 19.5. The second kappa shape index (κ2) is 10.1. The number of nitrogens with zero attached hydrogens (tertiary/aromatic N) is 1. The molecule has 1 fully saturated rings. The van der Waals surface area contributed by atoms with Gasteiger partial charge in [0.25, 0.3) is 5.91 Å². The van der Waals surface area contributed by atoms with Gasteiger partial charge in [-0.1, -0.05) is 41.9 Å². The fraction of sp³-hybridized carbons (Fsp3) is 0.231. The van der Waals surface area contributed by atoms with E-state index >= 15 is 0 Å². The largest absolute Gasteiger partial charge is 0.493 e. The number of β-lactam (4-membered cyclic amide) rings is 1. The van der Waals surface area contributed by atoms with Gasteiger partial charge in [-0.3, -0.25) is 9.59 Å². The number of likely N-dealkylation sites (tertiary alicyclic amines) is 1. The average molecular weight is 481 g/mol. The Labute approximate surface area is 203 Å². The topological polar surface area (TPSA) is 77.1 Å². The fourth-order valence-electron chi connectivity index (χ4n) is 4.12. The van der Waals surface area contributed by atoms with Gasteiger partial charge in [-0.15, -0.1) is 0 Å². The molecule has 1 aliphatic heterocycles. The van der Waals surface area contributed by atoms with Crippen LogP contribution in [0.2, 0.25) is 5.02 Å². The van der Waals surface area contributed by atoms with Crippen LogP contribution in [-0.4, -0.2) is 37.0 Å². The standard InChI is InChI=1S/C26H25ClN2O5/c1-16(30)28-19-9-4-7-17(13-19)15-29-23(21-11-6-12-22(32-2)24(21)33-3)25(26(29)31)34-20-10-5-8-18(27)14-20/h4-14,23,25H,15H2,1-3H3,(H,28,30). The SMILES string of the molecule is COc1cccc(C2C(Oc3cccc(Cl)c3)C(=O)N2Cc2cccc(NC(C)=O)c2)c1OC. The number of carbonyl (C=O) groups excluding carboxylic acids is 2. The van der Waals surface area contributed by atoms with Crippen LogP contribution in [0.4, 0.5) is 5.69 Å². The first-order valence-corrected chi connectivity index (χ1v) is 11.1. The number of rotatable bonds is 8. The number of carbonyl (C=O) groups is 2. The predicted octanol–water partition coefficient (Wildman–Crippen LogP) is 4.85. The van der Waals surface area contributed by atoms with Gasteiger partial charge in [-0.05, 0) is 42.0 Å². The molecule has 0 radical (unpaired) electrons. The second-order valence-electron chi connectivity index (χ2n) is 7.87. The first kappa shape index (κ1) is 23.4. The van der Waals surface area contributed by atoms with Crippen LogP contribution in [0.1, 0.15) is 24.1 Å². The zero-order valence-corrected chi connectivity index (χ0v) is 19.8. The Morgan fingerprint density at radius 1 is 1.03 bits per heavy atom. The highest BCUT2D eigenvalue weighted by Gasteiger charge is 2.51. The Morgan fingerprint density at radius 3 is 2.50 bits per heavy atom. The van der Waals surface area contributed by atoms with Gasteiger partial charge in [0.2, 0.25) is 12.0 Å². The van der Waals surface area contributed by atoms with Gasteiger partial charge in [-0.2, -0.15) is 0 Å². The first-order chi connectivity index (χ1) is 16.4. The summed E-state index contributed by atoms with van der Waals surface area (Å²) >= 11 is 6.11. The van der Waals surface area contributed by atoms with Crippen LogP contribution in [0.25, 0.3) is 0 Å². The lowest BCUT2D eigenvalue weighted by Crippen LogP contribution is -2.60. The highest BCUT2D eigenvalue weighted by molar-refractivity contribution is 6.30. The molecule has 7 nitrogen and oxygen atoms in total. The summed E-state index contributed by atoms with van der Waals surface area (Å²) in [5.41, 5.74) is 2.30. The number of ether oxygens (including phenoxy) is 3. The molecule has 0 aliphatic carbocycles. The van der Waals surface area contributed by atoms with Crippen LogP contribution in [0, 0.1) is 0 Å². The van der Waals surface area contributed by atoms with Gasteiger partial charge in [0.15, 0.2) is 11.5 Å².